The summed E-state index contributed by atoms with van der Waals surface area (Å²) < 4.78 is 7.19. The summed E-state index contributed by atoms with van der Waals surface area (Å²) >= 11 is 0. The lowest BCUT2D eigenvalue weighted by atomic mass is 10.1. The van der Waals surface area contributed by atoms with Crippen LogP contribution in [0.5, 0.6) is 0 Å². The van der Waals surface area contributed by atoms with E-state index in [4.69, 9.17) is 4.74 Å². The Morgan fingerprint density at radius 3 is 2.39 bits per heavy atom. The molecule has 0 unspecified atom stereocenters. The van der Waals surface area contributed by atoms with Crippen molar-refractivity contribution >= 4 is 6.09 Å². The molecular weight excluding hydrogens is 294 g/mol. The van der Waals surface area contributed by atoms with Crippen molar-refractivity contribution in [3.63, 3.8) is 0 Å². The number of amides is 1. The van der Waals surface area contributed by atoms with Gasteiger partial charge in [0.2, 0.25) is 0 Å². The van der Waals surface area contributed by atoms with E-state index >= 15 is 0 Å². The third kappa shape index (κ3) is 7.45. The average Bonchev–Trinajstić information content (AvgIpc) is 2.75. The van der Waals surface area contributed by atoms with E-state index in [0.717, 1.165) is 18.8 Å². The van der Waals surface area contributed by atoms with Crippen LogP contribution >= 0.6 is 0 Å². The molecule has 1 rings (SSSR count). The SMILES string of the molecule is Cn1cnc(CCNCCN(C(=O)OC(C)(C)C)C(C)(C)C)n1. The number of carbonyl (C=O) groups is 1. The van der Waals surface area contributed by atoms with E-state index in [1.165, 1.54) is 0 Å². The third-order valence-electron chi connectivity index (χ3n) is 3.11. The first-order valence-electron chi connectivity index (χ1n) is 8.05. The van der Waals surface area contributed by atoms with Gasteiger partial charge in [0, 0.05) is 38.6 Å². The molecule has 7 nitrogen and oxygen atoms in total. The van der Waals surface area contributed by atoms with Gasteiger partial charge in [-0.3, -0.25) is 4.68 Å². The molecule has 0 atom stereocenters. The molecule has 7 heteroatoms. The van der Waals surface area contributed by atoms with Crippen LogP contribution in [0.25, 0.3) is 0 Å². The van der Waals surface area contributed by atoms with Crippen molar-refractivity contribution in [2.24, 2.45) is 7.05 Å². The average molecular weight is 325 g/mol. The molecule has 1 aromatic heterocycles. The summed E-state index contributed by atoms with van der Waals surface area (Å²) in [6, 6.07) is 0. The van der Waals surface area contributed by atoms with Crippen molar-refractivity contribution in [3.05, 3.63) is 12.2 Å². The van der Waals surface area contributed by atoms with Gasteiger partial charge in [0.1, 0.15) is 11.9 Å². The van der Waals surface area contributed by atoms with Crippen molar-refractivity contribution in [2.45, 2.75) is 59.1 Å². The summed E-state index contributed by atoms with van der Waals surface area (Å²) in [5.74, 6) is 0.819. The van der Waals surface area contributed by atoms with E-state index in [1.807, 2.05) is 48.6 Å². The minimum absolute atomic E-state index is 0.279. The van der Waals surface area contributed by atoms with Crippen LogP contribution in [0, 0.1) is 0 Å². The topological polar surface area (TPSA) is 72.3 Å². The van der Waals surface area contributed by atoms with Crippen molar-refractivity contribution in [3.8, 4) is 0 Å². The molecule has 0 aliphatic rings. The Bertz CT molecular complexity index is 499. The predicted molar refractivity (Wildman–Crippen MR) is 90.3 cm³/mol. The zero-order valence-corrected chi connectivity index (χ0v) is 15.5. The molecule has 132 valence electrons. The monoisotopic (exact) mass is 325 g/mol. The third-order valence-corrected chi connectivity index (χ3v) is 3.11. The van der Waals surface area contributed by atoms with Crippen LogP contribution in [0.2, 0.25) is 0 Å². The van der Waals surface area contributed by atoms with E-state index in [-0.39, 0.29) is 11.6 Å². The van der Waals surface area contributed by atoms with Crippen LogP contribution in [0.1, 0.15) is 47.4 Å². The van der Waals surface area contributed by atoms with Crippen LogP contribution < -0.4 is 5.32 Å². The van der Waals surface area contributed by atoms with Gasteiger partial charge in [-0.05, 0) is 41.5 Å². The number of rotatable bonds is 6. The van der Waals surface area contributed by atoms with E-state index in [1.54, 1.807) is 15.9 Å². The molecule has 0 saturated heterocycles. The largest absolute Gasteiger partial charge is 0.444 e. The van der Waals surface area contributed by atoms with Crippen LogP contribution in [0.4, 0.5) is 4.79 Å². The molecule has 0 aromatic carbocycles. The van der Waals surface area contributed by atoms with Gasteiger partial charge in [0.15, 0.2) is 5.82 Å². The number of aromatic nitrogens is 3. The quantitative estimate of drug-likeness (QED) is 0.810. The number of ether oxygens (including phenoxy) is 1. The molecule has 1 aromatic rings. The fourth-order valence-electron chi connectivity index (χ4n) is 2.03. The second-order valence-electron chi connectivity index (χ2n) is 7.64. The fraction of sp³-hybridized carbons (Fsp3) is 0.812. The molecule has 1 amide bonds. The Hall–Kier alpha value is -1.63. The van der Waals surface area contributed by atoms with Crippen LogP contribution in [-0.4, -0.2) is 56.5 Å². The first kappa shape index (κ1) is 19.4. The zero-order chi connectivity index (χ0) is 17.7. The highest BCUT2D eigenvalue weighted by atomic mass is 16.6. The highest BCUT2D eigenvalue weighted by Gasteiger charge is 2.30. The number of hydrogen-bond donors (Lipinski definition) is 1. The van der Waals surface area contributed by atoms with Gasteiger partial charge in [-0.25, -0.2) is 9.78 Å². The maximum absolute atomic E-state index is 12.3. The molecule has 0 bridgehead atoms. The summed E-state index contributed by atoms with van der Waals surface area (Å²) in [4.78, 5) is 18.3. The van der Waals surface area contributed by atoms with Gasteiger partial charge in [0.05, 0.1) is 0 Å². The number of carbonyl (C=O) groups excluding carboxylic acids is 1. The lowest BCUT2D eigenvalue weighted by Gasteiger charge is -2.36. The molecule has 1 N–H and O–H groups in total. The van der Waals surface area contributed by atoms with Crippen LogP contribution in [-0.2, 0) is 18.2 Å². The summed E-state index contributed by atoms with van der Waals surface area (Å²) in [6.07, 6.45) is 2.18. The van der Waals surface area contributed by atoms with E-state index in [9.17, 15) is 4.79 Å². The number of aryl methyl sites for hydroxylation is 1. The summed E-state index contributed by atoms with van der Waals surface area (Å²) in [7, 11) is 1.85. The summed E-state index contributed by atoms with van der Waals surface area (Å²) in [5, 5.41) is 7.56. The number of hydrogen-bond acceptors (Lipinski definition) is 5. The standard InChI is InChI=1S/C16H31N5O2/c1-15(2,3)21(14(22)23-16(4,5)6)11-10-17-9-8-13-18-12-20(7)19-13/h12,17H,8-11H2,1-7H3. The Kier molecular flexibility index (Phi) is 6.56. The first-order chi connectivity index (χ1) is 10.5. The number of nitrogens with one attached hydrogen (secondary N) is 1. The maximum Gasteiger partial charge on any atom is 0.410 e. The van der Waals surface area contributed by atoms with Crippen molar-refractivity contribution in [2.75, 3.05) is 19.6 Å². The molecule has 1 heterocycles. The lowest BCUT2D eigenvalue weighted by molar-refractivity contribution is 0.00666. The van der Waals surface area contributed by atoms with Gasteiger partial charge in [-0.15, -0.1) is 0 Å². The van der Waals surface area contributed by atoms with Crippen molar-refractivity contribution in [1.29, 1.82) is 0 Å². The molecular formula is C16H31N5O2. The van der Waals surface area contributed by atoms with Crippen LogP contribution in [0.15, 0.2) is 6.33 Å². The first-order valence-corrected chi connectivity index (χ1v) is 8.05. The summed E-state index contributed by atoms with van der Waals surface area (Å²) in [6.45, 7) is 13.7. The molecule has 0 spiro atoms. The summed E-state index contributed by atoms with van der Waals surface area (Å²) in [5.41, 5.74) is -0.773. The van der Waals surface area contributed by atoms with E-state index in [0.29, 0.717) is 13.1 Å². The normalized spacial score (nSPS) is 12.3. The second-order valence-corrected chi connectivity index (χ2v) is 7.64. The molecule has 0 saturated carbocycles. The van der Waals surface area contributed by atoms with Crippen molar-refractivity contribution < 1.29 is 9.53 Å². The smallest absolute Gasteiger partial charge is 0.410 e. The maximum atomic E-state index is 12.3. The highest BCUT2D eigenvalue weighted by Crippen LogP contribution is 2.17. The van der Waals surface area contributed by atoms with E-state index in [2.05, 4.69) is 15.4 Å². The van der Waals surface area contributed by atoms with Crippen LogP contribution in [0.3, 0.4) is 0 Å². The van der Waals surface area contributed by atoms with Gasteiger partial charge in [0.25, 0.3) is 0 Å². The Balaban J connectivity index is 2.41. The van der Waals surface area contributed by atoms with Crippen molar-refractivity contribution in [1.82, 2.24) is 25.0 Å². The minimum atomic E-state index is -0.487. The zero-order valence-electron chi connectivity index (χ0n) is 15.5. The second kappa shape index (κ2) is 7.77. The van der Waals surface area contributed by atoms with E-state index < -0.39 is 5.60 Å². The Morgan fingerprint density at radius 1 is 1.26 bits per heavy atom. The molecule has 0 fully saturated rings. The van der Waals surface area contributed by atoms with Gasteiger partial charge in [-0.1, -0.05) is 0 Å². The number of nitrogens with zero attached hydrogens (tertiary/aromatic N) is 4. The molecule has 0 aliphatic carbocycles. The Labute approximate surface area is 139 Å². The molecule has 0 aliphatic heterocycles. The highest BCUT2D eigenvalue weighted by molar-refractivity contribution is 5.69. The predicted octanol–water partition coefficient (Wildman–Crippen LogP) is 1.98. The van der Waals surface area contributed by atoms with Gasteiger partial charge >= 0.3 is 6.09 Å². The lowest BCUT2D eigenvalue weighted by Crippen LogP contribution is -2.50. The molecule has 0 radical (unpaired) electrons. The Morgan fingerprint density at radius 2 is 1.91 bits per heavy atom. The van der Waals surface area contributed by atoms with Gasteiger partial charge < -0.3 is 15.0 Å². The fourth-order valence-corrected chi connectivity index (χ4v) is 2.03. The molecule has 23 heavy (non-hydrogen) atoms. The van der Waals surface area contributed by atoms with Gasteiger partial charge in [-0.2, -0.15) is 5.10 Å². The minimum Gasteiger partial charge on any atom is -0.444 e.